The molecule has 0 unspecified atom stereocenters. The maximum atomic E-state index is 13.8. The van der Waals surface area contributed by atoms with Crippen LogP contribution in [0.15, 0.2) is 71.7 Å². The van der Waals surface area contributed by atoms with Crippen LogP contribution in [-0.2, 0) is 20.8 Å². The molecule has 0 aliphatic rings. The number of hydrogen-bond acceptors (Lipinski definition) is 7. The molecule has 0 spiro atoms. The van der Waals surface area contributed by atoms with Crippen molar-refractivity contribution in [3.05, 3.63) is 88.2 Å². The van der Waals surface area contributed by atoms with E-state index in [9.17, 15) is 19.2 Å². The quantitative estimate of drug-likeness (QED) is 0.200. The van der Waals surface area contributed by atoms with E-state index in [4.69, 9.17) is 9.47 Å². The summed E-state index contributed by atoms with van der Waals surface area (Å²) < 4.78 is 12.4. The van der Waals surface area contributed by atoms with E-state index in [1.54, 1.807) is 76.6 Å². The van der Waals surface area contributed by atoms with E-state index >= 15 is 0 Å². The molecule has 0 saturated carbocycles. The summed E-state index contributed by atoms with van der Waals surface area (Å²) in [7, 11) is 0. The van der Waals surface area contributed by atoms with E-state index in [-0.39, 0.29) is 30.8 Å². The van der Waals surface area contributed by atoms with Gasteiger partial charge in [0.25, 0.3) is 0 Å². The fourth-order valence-electron chi connectivity index (χ4n) is 3.93. The van der Waals surface area contributed by atoms with Crippen molar-refractivity contribution in [2.24, 2.45) is 0 Å². The maximum absolute atomic E-state index is 13.8. The first kappa shape index (κ1) is 30.1. The van der Waals surface area contributed by atoms with E-state index in [0.29, 0.717) is 11.1 Å². The molecule has 9 heteroatoms. The van der Waals surface area contributed by atoms with Gasteiger partial charge < -0.3 is 14.0 Å². The molecule has 0 bridgehead atoms. The van der Waals surface area contributed by atoms with Crippen LogP contribution in [-0.4, -0.2) is 33.6 Å². The third kappa shape index (κ3) is 8.83. The van der Waals surface area contributed by atoms with Crippen LogP contribution in [0.1, 0.15) is 70.3 Å². The fourth-order valence-corrected chi connectivity index (χ4v) is 3.93. The number of aromatic nitrogens is 1. The van der Waals surface area contributed by atoms with Crippen molar-refractivity contribution >= 4 is 23.7 Å². The minimum Gasteiger partial charge on any atom is -0.460 e. The lowest BCUT2D eigenvalue weighted by Crippen LogP contribution is -2.38. The Bertz CT molecular complexity index is 1400. The Balaban J connectivity index is 2.11. The van der Waals surface area contributed by atoms with E-state index < -0.39 is 34.5 Å². The van der Waals surface area contributed by atoms with Crippen molar-refractivity contribution in [3.63, 3.8) is 0 Å². The second-order valence-electron chi connectivity index (χ2n) is 11.3. The number of hydrazine groups is 1. The molecule has 2 N–H and O–H groups in total. The van der Waals surface area contributed by atoms with E-state index in [1.807, 2.05) is 36.4 Å². The Kier molecular flexibility index (Phi) is 9.52. The number of nitrogens with zero attached hydrogens (tertiary/aromatic N) is 1. The number of esters is 1. The number of carbonyl (C=O) groups excluding carboxylic acids is 3. The Morgan fingerprint density at radius 1 is 0.800 bits per heavy atom. The van der Waals surface area contributed by atoms with Crippen LogP contribution in [0.3, 0.4) is 0 Å². The molecule has 1 amide bonds. The van der Waals surface area contributed by atoms with Gasteiger partial charge in [0, 0.05) is 24.7 Å². The molecule has 2 aromatic carbocycles. The molecule has 3 rings (SSSR count). The number of pyridine rings is 1. The van der Waals surface area contributed by atoms with Crippen LogP contribution < -0.4 is 16.3 Å². The molecular weight excluding hydrogens is 510 g/mol. The summed E-state index contributed by atoms with van der Waals surface area (Å²) >= 11 is 0. The highest BCUT2D eigenvalue weighted by molar-refractivity contribution is 6.02. The van der Waals surface area contributed by atoms with E-state index in [2.05, 4.69) is 10.9 Å². The van der Waals surface area contributed by atoms with Gasteiger partial charge in [-0.2, -0.15) is 0 Å². The van der Waals surface area contributed by atoms with Gasteiger partial charge in [0.2, 0.25) is 5.43 Å². The summed E-state index contributed by atoms with van der Waals surface area (Å²) in [5.74, 6) is -1.04. The number of nitrogens with one attached hydrogen (secondary N) is 2. The summed E-state index contributed by atoms with van der Waals surface area (Å²) in [5.41, 5.74) is 4.84. The summed E-state index contributed by atoms with van der Waals surface area (Å²) in [6, 6.07) is 18.5. The van der Waals surface area contributed by atoms with Crippen molar-refractivity contribution in [3.8, 4) is 11.1 Å². The number of rotatable bonds is 9. The van der Waals surface area contributed by atoms with Gasteiger partial charge in [-0.05, 0) is 52.7 Å². The van der Waals surface area contributed by atoms with Crippen molar-refractivity contribution in [2.75, 3.05) is 5.43 Å². The van der Waals surface area contributed by atoms with E-state index in [1.165, 1.54) is 0 Å². The van der Waals surface area contributed by atoms with Gasteiger partial charge in [0.15, 0.2) is 5.78 Å². The highest BCUT2D eigenvalue weighted by atomic mass is 16.6. The van der Waals surface area contributed by atoms with Gasteiger partial charge in [-0.1, -0.05) is 60.7 Å². The first-order valence-corrected chi connectivity index (χ1v) is 13.1. The molecule has 0 radical (unpaired) electrons. The minimum absolute atomic E-state index is 0.0774. The average Bonchev–Trinajstić information content (AvgIpc) is 2.86. The first-order valence-electron chi connectivity index (χ1n) is 13.1. The summed E-state index contributed by atoms with van der Waals surface area (Å²) in [5, 5.41) is 0. The monoisotopic (exact) mass is 547 g/mol. The molecular formula is C31H37N3O6. The number of carbonyl (C=O) groups is 3. The zero-order valence-corrected chi connectivity index (χ0v) is 23.9. The summed E-state index contributed by atoms with van der Waals surface area (Å²) in [4.78, 5) is 52.3. The number of ether oxygens (including phenoxy) is 2. The van der Waals surface area contributed by atoms with Crippen LogP contribution in [0.2, 0.25) is 0 Å². The van der Waals surface area contributed by atoms with Crippen LogP contribution in [0.25, 0.3) is 11.1 Å². The predicted molar refractivity (Wildman–Crippen MR) is 154 cm³/mol. The van der Waals surface area contributed by atoms with Gasteiger partial charge in [-0.3, -0.25) is 19.8 Å². The summed E-state index contributed by atoms with van der Waals surface area (Å²) in [6.45, 7) is 10.7. The van der Waals surface area contributed by atoms with Gasteiger partial charge in [-0.25, -0.2) is 10.2 Å². The third-order valence-electron chi connectivity index (χ3n) is 5.50. The Hall–Kier alpha value is -4.40. The number of benzene rings is 2. The number of anilines is 1. The van der Waals surface area contributed by atoms with Gasteiger partial charge in [0.05, 0.1) is 6.42 Å². The third-order valence-corrected chi connectivity index (χ3v) is 5.50. The molecule has 40 heavy (non-hydrogen) atoms. The standard InChI is InChI=1S/C31H37N3O6/c1-30(2,3)39-25(36)18-17-24(35)26-27(37)23(22-15-11-8-12-16-22)20-34(19-21-13-9-7-10-14-21)28(26)32-33-29(38)40-31(4,5)6/h7-16,20,32H,17-19H2,1-6H3,(H,33,38). The summed E-state index contributed by atoms with van der Waals surface area (Å²) in [6.07, 6.45) is 0.400. The largest absolute Gasteiger partial charge is 0.460 e. The molecule has 0 aliphatic carbocycles. The second kappa shape index (κ2) is 12.6. The Morgan fingerprint density at radius 3 is 1.95 bits per heavy atom. The van der Waals surface area contributed by atoms with Crippen LogP contribution >= 0.6 is 0 Å². The molecule has 1 heterocycles. The average molecular weight is 548 g/mol. The molecule has 0 fully saturated rings. The van der Waals surface area contributed by atoms with Crippen molar-refractivity contribution in [1.29, 1.82) is 0 Å². The van der Waals surface area contributed by atoms with Crippen molar-refractivity contribution < 1.29 is 23.9 Å². The maximum Gasteiger partial charge on any atom is 0.426 e. The van der Waals surface area contributed by atoms with Crippen LogP contribution in [0, 0.1) is 0 Å². The van der Waals surface area contributed by atoms with Crippen LogP contribution in [0.5, 0.6) is 0 Å². The molecule has 0 saturated heterocycles. The number of hydrogen-bond donors (Lipinski definition) is 2. The smallest absolute Gasteiger partial charge is 0.426 e. The van der Waals surface area contributed by atoms with E-state index in [0.717, 1.165) is 5.56 Å². The van der Waals surface area contributed by atoms with Gasteiger partial charge in [-0.15, -0.1) is 0 Å². The van der Waals surface area contributed by atoms with Gasteiger partial charge in [0.1, 0.15) is 22.6 Å². The molecule has 0 aliphatic heterocycles. The first-order chi connectivity index (χ1) is 18.7. The van der Waals surface area contributed by atoms with Crippen molar-refractivity contribution in [1.82, 2.24) is 9.99 Å². The Morgan fingerprint density at radius 2 is 1.38 bits per heavy atom. The highest BCUT2D eigenvalue weighted by Gasteiger charge is 2.25. The number of amides is 1. The Labute approximate surface area is 234 Å². The minimum atomic E-state index is -0.787. The lowest BCUT2D eigenvalue weighted by molar-refractivity contribution is -0.154. The normalized spacial score (nSPS) is 11.4. The predicted octanol–water partition coefficient (Wildman–Crippen LogP) is 5.72. The molecule has 3 aromatic rings. The van der Waals surface area contributed by atoms with Crippen LogP contribution in [0.4, 0.5) is 10.6 Å². The number of Topliss-reactive ketones (excluding diaryl/α,β-unsaturated/α-hetero) is 1. The zero-order chi connectivity index (χ0) is 29.5. The molecule has 1 aromatic heterocycles. The SMILES string of the molecule is CC(C)(C)OC(=O)CCC(=O)c1c(NNC(=O)OC(C)(C)C)n(Cc2ccccc2)cc(-c2ccccc2)c1=O. The molecule has 9 nitrogen and oxygen atoms in total. The van der Waals surface area contributed by atoms with Crippen molar-refractivity contribution in [2.45, 2.75) is 72.1 Å². The lowest BCUT2D eigenvalue weighted by atomic mass is 10.00. The van der Waals surface area contributed by atoms with Gasteiger partial charge >= 0.3 is 12.1 Å². The fraction of sp³-hybridized carbons (Fsp3) is 0.355. The highest BCUT2D eigenvalue weighted by Crippen LogP contribution is 2.24. The lowest BCUT2D eigenvalue weighted by Gasteiger charge is -2.23. The number of ketones is 1. The topological polar surface area (TPSA) is 116 Å². The zero-order valence-electron chi connectivity index (χ0n) is 23.9. The molecule has 0 atom stereocenters. The molecule has 212 valence electrons. The second-order valence-corrected chi connectivity index (χ2v) is 11.3.